The van der Waals surface area contributed by atoms with Crippen LogP contribution in [0.5, 0.6) is 0 Å². The van der Waals surface area contributed by atoms with Crippen molar-refractivity contribution in [2.24, 2.45) is 5.18 Å². The molecule has 4 heteroatoms. The van der Waals surface area contributed by atoms with Crippen LogP contribution in [0.15, 0.2) is 21.7 Å². The van der Waals surface area contributed by atoms with Gasteiger partial charge in [0.1, 0.15) is 12.3 Å². The molecule has 1 aromatic heterocycles. The summed E-state index contributed by atoms with van der Waals surface area (Å²) in [7, 11) is 0. The molecular formula is C7H7NO3. The molecule has 0 N–H and O–H groups in total. The van der Waals surface area contributed by atoms with Crippen LogP contribution in [0.4, 0.5) is 0 Å². The Balaban J connectivity index is 2.81. The molecule has 0 fully saturated rings. The summed E-state index contributed by atoms with van der Waals surface area (Å²) in [6.07, 6.45) is 0. The van der Waals surface area contributed by atoms with E-state index in [1.807, 2.05) is 0 Å². The monoisotopic (exact) mass is 153 g/mol. The molecule has 0 aromatic carbocycles. The lowest BCUT2D eigenvalue weighted by Gasteiger charge is -1.85. The zero-order chi connectivity index (χ0) is 8.27. The maximum atomic E-state index is 10.7. The van der Waals surface area contributed by atoms with Crippen molar-refractivity contribution in [1.29, 1.82) is 0 Å². The van der Waals surface area contributed by atoms with Crippen molar-refractivity contribution in [2.75, 3.05) is 0 Å². The predicted octanol–water partition coefficient (Wildman–Crippen LogP) is 1.75. The van der Waals surface area contributed by atoms with E-state index in [1.54, 1.807) is 6.07 Å². The first-order chi connectivity index (χ1) is 5.24. The van der Waals surface area contributed by atoms with Crippen LogP contribution < -0.4 is 0 Å². The summed E-state index contributed by atoms with van der Waals surface area (Å²) in [4.78, 5) is 20.4. The minimum Gasteiger partial charge on any atom is -0.456 e. The van der Waals surface area contributed by atoms with E-state index in [9.17, 15) is 9.70 Å². The Kier molecular flexibility index (Phi) is 2.15. The molecule has 1 heterocycles. The molecule has 1 rings (SSSR count). The van der Waals surface area contributed by atoms with Crippen molar-refractivity contribution in [1.82, 2.24) is 0 Å². The van der Waals surface area contributed by atoms with E-state index in [2.05, 4.69) is 5.18 Å². The van der Waals surface area contributed by atoms with Crippen LogP contribution >= 0.6 is 0 Å². The summed E-state index contributed by atoms with van der Waals surface area (Å²) in [6, 6.07) is 3.10. The first-order valence-corrected chi connectivity index (χ1v) is 3.13. The number of hydrogen-bond acceptors (Lipinski definition) is 4. The normalized spacial score (nSPS) is 9.55. The zero-order valence-corrected chi connectivity index (χ0v) is 6.03. The molecule has 0 bridgehead atoms. The Labute approximate surface area is 63.2 Å². The van der Waals surface area contributed by atoms with E-state index in [0.717, 1.165) is 0 Å². The second-order valence-electron chi connectivity index (χ2n) is 2.11. The van der Waals surface area contributed by atoms with Gasteiger partial charge in [0, 0.05) is 6.92 Å². The average Bonchev–Trinajstić information content (AvgIpc) is 2.37. The van der Waals surface area contributed by atoms with Gasteiger partial charge >= 0.3 is 0 Å². The van der Waals surface area contributed by atoms with Gasteiger partial charge in [-0.1, -0.05) is 5.18 Å². The number of furan rings is 1. The molecule has 4 nitrogen and oxygen atoms in total. The Hall–Kier alpha value is -1.45. The lowest BCUT2D eigenvalue weighted by molar-refractivity contribution is 0.0985. The highest BCUT2D eigenvalue weighted by Gasteiger charge is 2.04. The molecule has 0 aliphatic heterocycles. The first-order valence-electron chi connectivity index (χ1n) is 3.13. The van der Waals surface area contributed by atoms with Crippen LogP contribution in [0.3, 0.4) is 0 Å². The molecule has 0 radical (unpaired) electrons. The van der Waals surface area contributed by atoms with Crippen LogP contribution in [0.1, 0.15) is 23.2 Å². The Morgan fingerprint density at radius 2 is 2.36 bits per heavy atom. The first kappa shape index (κ1) is 7.65. The van der Waals surface area contributed by atoms with Crippen LogP contribution in [0, 0.1) is 4.91 Å². The summed E-state index contributed by atoms with van der Waals surface area (Å²) in [5.74, 6) is 0.538. The van der Waals surface area contributed by atoms with Gasteiger partial charge in [-0.15, -0.1) is 0 Å². The van der Waals surface area contributed by atoms with Crippen molar-refractivity contribution in [2.45, 2.75) is 13.5 Å². The number of nitroso groups, excluding NO2 is 1. The fraction of sp³-hybridized carbons (Fsp3) is 0.286. The van der Waals surface area contributed by atoms with E-state index in [1.165, 1.54) is 13.0 Å². The third-order valence-corrected chi connectivity index (χ3v) is 1.23. The smallest absolute Gasteiger partial charge is 0.194 e. The SMILES string of the molecule is CC(=O)c1ccc(CN=O)o1. The molecule has 0 atom stereocenters. The number of carbonyl (C=O) groups is 1. The summed E-state index contributed by atoms with van der Waals surface area (Å²) in [5, 5.41) is 2.62. The van der Waals surface area contributed by atoms with E-state index in [4.69, 9.17) is 4.42 Å². The van der Waals surface area contributed by atoms with Crippen molar-refractivity contribution in [3.8, 4) is 0 Å². The van der Waals surface area contributed by atoms with Crippen molar-refractivity contribution >= 4 is 5.78 Å². The highest BCUT2D eigenvalue weighted by Crippen LogP contribution is 2.08. The molecule has 1 aromatic rings. The largest absolute Gasteiger partial charge is 0.456 e. The Morgan fingerprint density at radius 1 is 1.64 bits per heavy atom. The van der Waals surface area contributed by atoms with Gasteiger partial charge in [0.05, 0.1) is 0 Å². The molecule has 0 aliphatic carbocycles. The lowest BCUT2D eigenvalue weighted by atomic mass is 10.3. The van der Waals surface area contributed by atoms with Gasteiger partial charge in [0.2, 0.25) is 0 Å². The van der Waals surface area contributed by atoms with Crippen molar-refractivity contribution in [3.05, 3.63) is 28.6 Å². The van der Waals surface area contributed by atoms with E-state index >= 15 is 0 Å². The second kappa shape index (κ2) is 3.09. The number of carbonyl (C=O) groups excluding carboxylic acids is 1. The Morgan fingerprint density at radius 3 is 2.82 bits per heavy atom. The highest BCUT2D eigenvalue weighted by molar-refractivity contribution is 5.91. The van der Waals surface area contributed by atoms with Gasteiger partial charge in [-0.05, 0) is 12.1 Å². The van der Waals surface area contributed by atoms with Crippen molar-refractivity contribution in [3.63, 3.8) is 0 Å². The molecule has 0 aliphatic rings. The van der Waals surface area contributed by atoms with Gasteiger partial charge in [0.15, 0.2) is 11.5 Å². The minimum atomic E-state index is -0.151. The summed E-state index contributed by atoms with van der Waals surface area (Å²) in [5.41, 5.74) is 0. The van der Waals surface area contributed by atoms with Crippen LogP contribution in [-0.4, -0.2) is 5.78 Å². The van der Waals surface area contributed by atoms with E-state index in [0.29, 0.717) is 5.76 Å². The number of hydrogen-bond donors (Lipinski definition) is 0. The number of nitrogens with zero attached hydrogens (tertiary/aromatic N) is 1. The van der Waals surface area contributed by atoms with Gasteiger partial charge in [-0.25, -0.2) is 0 Å². The standard InChI is InChI=1S/C7H7NO3/c1-5(9)7-3-2-6(11-7)4-8-10/h2-3H,4H2,1H3. The maximum Gasteiger partial charge on any atom is 0.194 e. The van der Waals surface area contributed by atoms with Gasteiger partial charge in [-0.3, -0.25) is 4.79 Å². The van der Waals surface area contributed by atoms with Gasteiger partial charge in [-0.2, -0.15) is 4.91 Å². The quantitative estimate of drug-likeness (QED) is 0.491. The molecule has 58 valence electrons. The fourth-order valence-corrected chi connectivity index (χ4v) is 0.716. The summed E-state index contributed by atoms with van der Waals surface area (Å²) < 4.78 is 4.94. The van der Waals surface area contributed by atoms with Crippen LogP contribution in [-0.2, 0) is 6.54 Å². The second-order valence-corrected chi connectivity index (χ2v) is 2.11. The summed E-state index contributed by atoms with van der Waals surface area (Å²) in [6.45, 7) is 1.38. The maximum absolute atomic E-state index is 10.7. The molecule has 0 amide bonds. The molecule has 0 saturated heterocycles. The average molecular weight is 153 g/mol. The predicted molar refractivity (Wildman–Crippen MR) is 38.2 cm³/mol. The fourth-order valence-electron chi connectivity index (χ4n) is 0.716. The summed E-state index contributed by atoms with van der Waals surface area (Å²) >= 11 is 0. The van der Waals surface area contributed by atoms with E-state index in [-0.39, 0.29) is 18.1 Å². The highest BCUT2D eigenvalue weighted by atomic mass is 16.4. The Bertz CT molecular complexity index is 277. The number of Topliss-reactive ketones (excluding diaryl/α,β-unsaturated/α-hetero) is 1. The third kappa shape index (κ3) is 1.73. The molecule has 0 unspecified atom stereocenters. The molecule has 11 heavy (non-hydrogen) atoms. The van der Waals surface area contributed by atoms with E-state index < -0.39 is 0 Å². The minimum absolute atomic E-state index is 0.0206. The van der Waals surface area contributed by atoms with Gasteiger partial charge < -0.3 is 4.42 Å². The van der Waals surface area contributed by atoms with Gasteiger partial charge in [0.25, 0.3) is 0 Å². The van der Waals surface area contributed by atoms with Crippen molar-refractivity contribution < 1.29 is 9.21 Å². The molecular weight excluding hydrogens is 146 g/mol. The van der Waals surface area contributed by atoms with Crippen LogP contribution in [0.2, 0.25) is 0 Å². The zero-order valence-electron chi connectivity index (χ0n) is 6.03. The number of rotatable bonds is 3. The topological polar surface area (TPSA) is 59.6 Å². The molecule has 0 saturated carbocycles. The lowest BCUT2D eigenvalue weighted by Crippen LogP contribution is -1.86. The number of ketones is 1. The van der Waals surface area contributed by atoms with Crippen LogP contribution in [0.25, 0.3) is 0 Å². The third-order valence-electron chi connectivity index (χ3n) is 1.23. The molecule has 0 spiro atoms.